The molecule has 2 aliphatic heterocycles. The fraction of sp³-hybridized carbons (Fsp3) is 0.346. The van der Waals surface area contributed by atoms with Crippen molar-refractivity contribution in [1.29, 1.82) is 0 Å². The van der Waals surface area contributed by atoms with Gasteiger partial charge < -0.3 is 25.4 Å². The third kappa shape index (κ3) is 10.1. The van der Waals surface area contributed by atoms with Gasteiger partial charge in [-0.1, -0.05) is 74.0 Å². The van der Waals surface area contributed by atoms with Gasteiger partial charge in [0.2, 0.25) is 17.7 Å². The zero-order chi connectivity index (χ0) is 49.4. The van der Waals surface area contributed by atoms with Crippen LogP contribution in [0.4, 0.5) is 0 Å². The SMILES string of the molecule is Cc1ncsc1-c1ccc(CNC(=O)[C@@H]2C[C@@H](O)CN2C(=O)[C@H](C(C)C)n2cc(-c3cccc(O[C@@H](C)CNC(=O)C[C@@H]4N=C(c5ccc(Cl)cc5)c5c(sc(C)c5C)-n5c(C)nnc54)c3)cn2)cc1. The number of carbonyl (C=O) groups is 3. The molecule has 3 N–H and O–H groups in total. The first-order valence-electron chi connectivity index (χ1n) is 23.3. The third-order valence-electron chi connectivity index (χ3n) is 12.9. The summed E-state index contributed by atoms with van der Waals surface area (Å²) >= 11 is 9.52. The highest BCUT2D eigenvalue weighted by Gasteiger charge is 2.42. The lowest BCUT2D eigenvalue weighted by atomic mass is 9.99. The van der Waals surface area contributed by atoms with Crippen molar-refractivity contribution in [1.82, 2.24) is 45.1 Å². The number of aliphatic hydroxyl groups excluding tert-OH is 1. The summed E-state index contributed by atoms with van der Waals surface area (Å²) in [6, 6.07) is 21.0. The number of β-amino-alcohol motifs (C(OH)–C–C–N with tert-alkyl or cyclic N) is 1. The molecule has 362 valence electrons. The lowest BCUT2D eigenvalue weighted by Gasteiger charge is -2.30. The number of carbonyl (C=O) groups excluding carboxylic acids is 3. The van der Waals surface area contributed by atoms with Crippen molar-refractivity contribution in [2.45, 2.75) is 98.2 Å². The number of fused-ring (bicyclic) bond motifs is 3. The van der Waals surface area contributed by atoms with Crippen LogP contribution in [0.2, 0.25) is 5.02 Å². The number of hydrogen-bond acceptors (Lipinski definition) is 12. The number of hydrogen-bond donors (Lipinski definition) is 3. The van der Waals surface area contributed by atoms with Gasteiger partial charge in [0.25, 0.3) is 0 Å². The van der Waals surface area contributed by atoms with E-state index in [1.165, 1.54) is 4.90 Å². The Hall–Kier alpha value is -6.53. The number of amides is 3. The summed E-state index contributed by atoms with van der Waals surface area (Å²) in [6.07, 6.45) is 2.49. The zero-order valence-corrected chi connectivity index (χ0v) is 42.4. The van der Waals surface area contributed by atoms with Crippen LogP contribution in [0.5, 0.6) is 5.75 Å². The van der Waals surface area contributed by atoms with E-state index >= 15 is 0 Å². The molecular formula is C52H55ClN10O5S2. The number of aromatic nitrogens is 6. The monoisotopic (exact) mass is 998 g/mol. The molecule has 9 rings (SSSR count). The van der Waals surface area contributed by atoms with E-state index in [4.69, 9.17) is 21.3 Å². The van der Waals surface area contributed by atoms with E-state index in [0.29, 0.717) is 16.6 Å². The third-order valence-corrected chi connectivity index (χ3v) is 15.3. The molecule has 0 bridgehead atoms. The highest BCUT2D eigenvalue weighted by molar-refractivity contribution is 7.15. The molecule has 7 aromatic rings. The molecule has 0 aliphatic carbocycles. The summed E-state index contributed by atoms with van der Waals surface area (Å²) < 4.78 is 9.99. The van der Waals surface area contributed by atoms with E-state index in [1.807, 2.05) is 124 Å². The Morgan fingerprint density at radius 2 is 1.69 bits per heavy atom. The quantitative estimate of drug-likeness (QED) is 0.0907. The van der Waals surface area contributed by atoms with Gasteiger partial charge >= 0.3 is 0 Å². The largest absolute Gasteiger partial charge is 0.489 e. The molecule has 0 radical (unpaired) electrons. The summed E-state index contributed by atoms with van der Waals surface area (Å²) in [5.41, 5.74) is 10.2. The molecule has 0 spiro atoms. The number of ether oxygens (including phenoxy) is 1. The fourth-order valence-corrected chi connectivity index (χ4v) is 11.3. The van der Waals surface area contributed by atoms with Gasteiger partial charge in [0.15, 0.2) is 5.82 Å². The molecular weight excluding hydrogens is 944 g/mol. The Morgan fingerprint density at radius 1 is 0.929 bits per heavy atom. The average molecular weight is 1000 g/mol. The molecule has 70 heavy (non-hydrogen) atoms. The molecule has 0 saturated carbocycles. The molecule has 6 heterocycles. The summed E-state index contributed by atoms with van der Waals surface area (Å²) in [5.74, 6) is 0.919. The number of nitrogens with zero attached hydrogens (tertiary/aromatic N) is 8. The smallest absolute Gasteiger partial charge is 0.248 e. The molecule has 3 amide bonds. The maximum absolute atomic E-state index is 14.4. The molecule has 3 aromatic carbocycles. The van der Waals surface area contributed by atoms with Crippen LogP contribution in [-0.2, 0) is 20.9 Å². The maximum Gasteiger partial charge on any atom is 0.248 e. The second-order valence-electron chi connectivity index (χ2n) is 18.3. The standard InChI is InChI=1S/C52H55ClN10O5S2/c1-28(2)47(51(67)61-26-40(64)20-43(61)50(66)55-23-34-11-13-36(14-12-34)48-31(5)56-27-69-48)62-25-38(24-57-62)37-9-8-10-41(19-37)68-29(3)22-54-44(65)21-42-49-60-59-33(7)63(49)52-45(30(4)32(6)70-52)46(58-42)35-15-17-39(53)18-16-35/h8-19,24-25,27-29,40,42-43,47,64H,20-23,26H2,1-7H3,(H,54,65)(H,55,66)/t29-,40+,42-,43-,47-/m0/s1. The van der Waals surface area contributed by atoms with Crippen LogP contribution in [0.3, 0.4) is 0 Å². The topological polar surface area (TPSA) is 182 Å². The van der Waals surface area contributed by atoms with Gasteiger partial charge in [-0.05, 0) is 87.1 Å². The Labute approximate surface area is 419 Å². The van der Waals surface area contributed by atoms with Gasteiger partial charge in [0.05, 0.1) is 47.1 Å². The van der Waals surface area contributed by atoms with Crippen LogP contribution in [0.1, 0.15) is 90.2 Å². The number of nitrogens with one attached hydrogen (secondary N) is 2. The number of thiazole rings is 1. The molecule has 18 heteroatoms. The summed E-state index contributed by atoms with van der Waals surface area (Å²) in [7, 11) is 0. The Morgan fingerprint density at radius 3 is 2.41 bits per heavy atom. The molecule has 5 atom stereocenters. The molecule has 1 saturated heterocycles. The van der Waals surface area contributed by atoms with Gasteiger partial charge in [0.1, 0.15) is 40.8 Å². The summed E-state index contributed by atoms with van der Waals surface area (Å²) in [5, 5.41) is 32.0. The van der Waals surface area contributed by atoms with Crippen molar-refractivity contribution in [3.63, 3.8) is 0 Å². The predicted octanol–water partition coefficient (Wildman–Crippen LogP) is 8.54. The van der Waals surface area contributed by atoms with Gasteiger partial charge in [-0.25, -0.2) is 4.98 Å². The number of aliphatic hydroxyl groups is 1. The van der Waals surface area contributed by atoms with Gasteiger partial charge in [-0.2, -0.15) is 5.10 Å². The highest BCUT2D eigenvalue weighted by Crippen LogP contribution is 2.40. The van der Waals surface area contributed by atoms with Gasteiger partial charge in [0, 0.05) is 52.3 Å². The van der Waals surface area contributed by atoms with Crippen molar-refractivity contribution in [2.75, 3.05) is 13.1 Å². The minimum absolute atomic E-state index is 0.0462. The second-order valence-corrected chi connectivity index (χ2v) is 20.8. The number of aryl methyl sites for hydroxylation is 3. The number of thiophene rings is 1. The molecule has 4 aromatic heterocycles. The fourth-order valence-electron chi connectivity index (χ4n) is 9.14. The van der Waals surface area contributed by atoms with E-state index < -0.39 is 30.3 Å². The predicted molar refractivity (Wildman–Crippen MR) is 273 cm³/mol. The van der Waals surface area contributed by atoms with Gasteiger partial charge in [-0.15, -0.1) is 32.9 Å². The van der Waals surface area contributed by atoms with Crippen LogP contribution < -0.4 is 15.4 Å². The maximum atomic E-state index is 14.4. The van der Waals surface area contributed by atoms with Crippen molar-refractivity contribution in [3.8, 4) is 32.3 Å². The molecule has 2 aliphatic rings. The summed E-state index contributed by atoms with van der Waals surface area (Å²) in [6.45, 7) is 14.4. The van der Waals surface area contributed by atoms with Crippen molar-refractivity contribution in [2.24, 2.45) is 10.9 Å². The van der Waals surface area contributed by atoms with E-state index in [0.717, 1.165) is 70.9 Å². The van der Waals surface area contributed by atoms with E-state index in [9.17, 15) is 19.5 Å². The number of benzene rings is 3. The molecule has 1 fully saturated rings. The first-order valence-corrected chi connectivity index (χ1v) is 25.4. The van der Waals surface area contributed by atoms with Crippen LogP contribution in [-0.4, -0.2) is 94.3 Å². The average Bonchev–Trinajstić information content (AvgIpc) is 4.19. The van der Waals surface area contributed by atoms with Crippen molar-refractivity contribution < 1.29 is 24.2 Å². The van der Waals surface area contributed by atoms with E-state index in [1.54, 1.807) is 33.6 Å². The highest BCUT2D eigenvalue weighted by atomic mass is 35.5. The number of likely N-dealkylation sites (tertiary alicyclic amines) is 1. The molecule has 0 unspecified atom stereocenters. The number of aliphatic imine (C=N–C) groups is 1. The van der Waals surface area contributed by atoms with Crippen LogP contribution in [0, 0.1) is 33.6 Å². The van der Waals surface area contributed by atoms with Crippen molar-refractivity contribution in [3.05, 3.63) is 140 Å². The van der Waals surface area contributed by atoms with Crippen LogP contribution in [0.15, 0.2) is 95.7 Å². The first kappa shape index (κ1) is 48.5. The normalized spacial score (nSPS) is 17.4. The Balaban J connectivity index is 0.831. The number of halogens is 1. The Bertz CT molecular complexity index is 3080. The van der Waals surface area contributed by atoms with Crippen LogP contribution >= 0.6 is 34.3 Å². The zero-order valence-electron chi connectivity index (χ0n) is 40.0. The van der Waals surface area contributed by atoms with Crippen molar-refractivity contribution >= 4 is 57.7 Å². The Kier molecular flexibility index (Phi) is 14.2. The lowest BCUT2D eigenvalue weighted by Crippen LogP contribution is -2.49. The first-order chi connectivity index (χ1) is 33.6. The number of rotatable bonds is 15. The minimum atomic E-state index is -0.832. The van der Waals surface area contributed by atoms with E-state index in [-0.39, 0.29) is 56.1 Å². The lowest BCUT2D eigenvalue weighted by molar-refractivity contribution is -0.142. The molecule has 15 nitrogen and oxygen atoms in total. The van der Waals surface area contributed by atoms with Crippen LogP contribution in [0.25, 0.3) is 26.6 Å². The van der Waals surface area contributed by atoms with E-state index in [2.05, 4.69) is 44.8 Å². The minimum Gasteiger partial charge on any atom is -0.489 e. The summed E-state index contributed by atoms with van der Waals surface area (Å²) in [4.78, 5) is 55.0. The second kappa shape index (κ2) is 20.4. The van der Waals surface area contributed by atoms with Gasteiger partial charge in [-0.3, -0.25) is 28.6 Å².